The van der Waals surface area contributed by atoms with Gasteiger partial charge in [0.05, 0.1) is 6.10 Å². The number of ether oxygens (including phenoxy) is 2. The second-order valence-electron chi connectivity index (χ2n) is 6.67. The number of aryl methyl sites for hydroxylation is 1. The quantitative estimate of drug-likeness (QED) is 0.903. The van der Waals surface area contributed by atoms with Crippen LogP contribution in [-0.4, -0.2) is 31.9 Å². The lowest BCUT2D eigenvalue weighted by molar-refractivity contribution is 0.0372. The number of benzene rings is 1. The summed E-state index contributed by atoms with van der Waals surface area (Å²) in [5.74, 6) is 1.08. The molecule has 0 bridgehead atoms. The van der Waals surface area contributed by atoms with Crippen LogP contribution in [0.2, 0.25) is 0 Å². The van der Waals surface area contributed by atoms with Crippen LogP contribution < -0.4 is 10.1 Å². The molecule has 3 unspecified atom stereocenters. The Hall–Kier alpha value is -1.06. The summed E-state index contributed by atoms with van der Waals surface area (Å²) in [6, 6.07) is 6.52. The van der Waals surface area contributed by atoms with Crippen molar-refractivity contribution >= 4 is 0 Å². The number of hydrogen-bond acceptors (Lipinski definition) is 3. The third-order valence-electron chi connectivity index (χ3n) is 5.15. The van der Waals surface area contributed by atoms with Gasteiger partial charge in [0, 0.05) is 25.0 Å². The maximum Gasteiger partial charge on any atom is 0.123 e. The zero-order valence-corrected chi connectivity index (χ0v) is 13.4. The third-order valence-corrected chi connectivity index (χ3v) is 5.15. The Morgan fingerprint density at radius 3 is 2.95 bits per heavy atom. The second kappa shape index (κ2) is 5.98. The van der Waals surface area contributed by atoms with Gasteiger partial charge in [0.2, 0.25) is 0 Å². The van der Waals surface area contributed by atoms with E-state index in [1.807, 2.05) is 0 Å². The van der Waals surface area contributed by atoms with Crippen LogP contribution in [0.3, 0.4) is 0 Å². The topological polar surface area (TPSA) is 30.5 Å². The van der Waals surface area contributed by atoms with Crippen molar-refractivity contribution in [3.05, 3.63) is 29.3 Å². The van der Waals surface area contributed by atoms with Crippen LogP contribution in [0.1, 0.15) is 37.8 Å². The molecule has 3 nitrogen and oxygen atoms in total. The molecule has 0 amide bonds. The minimum absolute atomic E-state index is 0.220. The summed E-state index contributed by atoms with van der Waals surface area (Å²) >= 11 is 0. The van der Waals surface area contributed by atoms with Gasteiger partial charge < -0.3 is 14.8 Å². The Morgan fingerprint density at radius 1 is 1.38 bits per heavy atom. The first kappa shape index (κ1) is 14.9. The fourth-order valence-corrected chi connectivity index (χ4v) is 3.78. The van der Waals surface area contributed by atoms with Gasteiger partial charge >= 0.3 is 0 Å². The van der Waals surface area contributed by atoms with Gasteiger partial charge in [-0.05, 0) is 44.9 Å². The molecule has 3 atom stereocenters. The molecule has 2 aliphatic heterocycles. The highest BCUT2D eigenvalue weighted by molar-refractivity contribution is 5.40. The van der Waals surface area contributed by atoms with E-state index < -0.39 is 0 Å². The summed E-state index contributed by atoms with van der Waals surface area (Å²) in [5.41, 5.74) is 2.90. The minimum Gasteiger partial charge on any atom is -0.490 e. The van der Waals surface area contributed by atoms with Crippen LogP contribution in [0.4, 0.5) is 0 Å². The Bertz CT molecular complexity index is 502. The predicted molar refractivity (Wildman–Crippen MR) is 84.9 cm³/mol. The lowest BCUT2D eigenvalue weighted by Crippen LogP contribution is -2.42. The smallest absolute Gasteiger partial charge is 0.123 e. The van der Waals surface area contributed by atoms with Crippen LogP contribution in [0.5, 0.6) is 5.75 Å². The zero-order chi connectivity index (χ0) is 14.9. The van der Waals surface area contributed by atoms with Gasteiger partial charge in [-0.1, -0.05) is 24.6 Å². The lowest BCUT2D eigenvalue weighted by Gasteiger charge is -2.34. The summed E-state index contributed by atoms with van der Waals surface area (Å²) < 4.78 is 12.1. The van der Waals surface area contributed by atoms with Gasteiger partial charge in [-0.25, -0.2) is 0 Å². The Kier molecular flexibility index (Phi) is 4.23. The molecular weight excluding hydrogens is 262 g/mol. The van der Waals surface area contributed by atoms with Crippen molar-refractivity contribution in [3.8, 4) is 5.75 Å². The molecule has 1 aromatic rings. The number of hydrogen-bond donors (Lipinski definition) is 1. The fraction of sp³-hybridized carbons (Fsp3) is 0.667. The van der Waals surface area contributed by atoms with Crippen molar-refractivity contribution in [2.45, 2.75) is 52.2 Å². The molecule has 1 fully saturated rings. The van der Waals surface area contributed by atoms with Crippen LogP contribution in [0, 0.1) is 12.3 Å². The van der Waals surface area contributed by atoms with Crippen molar-refractivity contribution in [3.63, 3.8) is 0 Å². The molecule has 0 saturated carbocycles. The molecule has 0 spiro atoms. The minimum atomic E-state index is 0.220. The molecule has 1 N–H and O–H groups in total. The average molecular weight is 289 g/mol. The Balaban J connectivity index is 1.70. The molecule has 21 heavy (non-hydrogen) atoms. The first-order valence-corrected chi connectivity index (χ1v) is 8.21. The molecular formula is C18H27NO2. The Morgan fingerprint density at radius 2 is 2.24 bits per heavy atom. The molecule has 1 saturated heterocycles. The van der Waals surface area contributed by atoms with Crippen molar-refractivity contribution in [1.29, 1.82) is 0 Å². The molecule has 2 aliphatic rings. The monoisotopic (exact) mass is 289 g/mol. The van der Waals surface area contributed by atoms with Crippen LogP contribution in [-0.2, 0) is 11.2 Å². The summed E-state index contributed by atoms with van der Waals surface area (Å²) in [6.07, 6.45) is 3.86. The number of nitrogens with one attached hydrogen (secondary N) is 1. The van der Waals surface area contributed by atoms with E-state index in [0.29, 0.717) is 12.2 Å². The van der Waals surface area contributed by atoms with Crippen molar-refractivity contribution in [1.82, 2.24) is 5.32 Å². The van der Waals surface area contributed by atoms with E-state index in [-0.39, 0.29) is 5.41 Å². The van der Waals surface area contributed by atoms with E-state index in [0.717, 1.165) is 44.7 Å². The summed E-state index contributed by atoms with van der Waals surface area (Å²) in [5, 5.41) is 3.53. The second-order valence-corrected chi connectivity index (χ2v) is 6.67. The van der Waals surface area contributed by atoms with E-state index >= 15 is 0 Å². The maximum atomic E-state index is 6.19. The molecule has 0 radical (unpaired) electrons. The van der Waals surface area contributed by atoms with Gasteiger partial charge in [0.15, 0.2) is 0 Å². The van der Waals surface area contributed by atoms with E-state index in [9.17, 15) is 0 Å². The maximum absolute atomic E-state index is 6.19. The van der Waals surface area contributed by atoms with Crippen LogP contribution in [0.25, 0.3) is 0 Å². The highest BCUT2D eigenvalue weighted by Gasteiger charge is 2.44. The van der Waals surface area contributed by atoms with Crippen LogP contribution >= 0.6 is 0 Å². The van der Waals surface area contributed by atoms with Gasteiger partial charge in [0.1, 0.15) is 11.9 Å². The van der Waals surface area contributed by atoms with Crippen molar-refractivity contribution in [2.24, 2.45) is 5.41 Å². The van der Waals surface area contributed by atoms with Gasteiger partial charge in [-0.2, -0.15) is 0 Å². The normalized spacial score (nSPS) is 31.2. The van der Waals surface area contributed by atoms with Crippen LogP contribution in [0.15, 0.2) is 18.2 Å². The SMILES string of the molecule is CCNCC1(CC2Cc3cc(C)ccc3O2)CCOC1C. The number of rotatable bonds is 5. The molecule has 116 valence electrons. The fourth-order valence-electron chi connectivity index (χ4n) is 3.78. The summed E-state index contributed by atoms with van der Waals surface area (Å²) in [7, 11) is 0. The predicted octanol–water partition coefficient (Wildman–Crippen LogP) is 3.09. The summed E-state index contributed by atoms with van der Waals surface area (Å²) in [6.45, 7) is 9.45. The number of fused-ring (bicyclic) bond motifs is 1. The molecule has 0 aliphatic carbocycles. The van der Waals surface area contributed by atoms with Gasteiger partial charge in [-0.15, -0.1) is 0 Å². The van der Waals surface area contributed by atoms with Gasteiger partial charge in [0.25, 0.3) is 0 Å². The molecule has 3 heteroatoms. The standard InChI is InChI=1S/C18H27NO2/c1-4-19-12-18(7-8-20-14(18)3)11-16-10-15-9-13(2)5-6-17(15)21-16/h5-6,9,14,16,19H,4,7-8,10-12H2,1-3H3. The summed E-state index contributed by atoms with van der Waals surface area (Å²) in [4.78, 5) is 0. The largest absolute Gasteiger partial charge is 0.490 e. The first-order chi connectivity index (χ1) is 10.1. The third kappa shape index (κ3) is 2.95. The van der Waals surface area contributed by atoms with Crippen molar-refractivity contribution < 1.29 is 9.47 Å². The first-order valence-electron chi connectivity index (χ1n) is 8.21. The van der Waals surface area contributed by atoms with E-state index in [1.165, 1.54) is 11.1 Å². The molecule has 2 heterocycles. The Labute approximate surface area is 128 Å². The highest BCUT2D eigenvalue weighted by Crippen LogP contribution is 2.42. The van der Waals surface area contributed by atoms with E-state index in [4.69, 9.17) is 9.47 Å². The zero-order valence-electron chi connectivity index (χ0n) is 13.4. The molecule has 3 rings (SSSR count). The van der Waals surface area contributed by atoms with E-state index in [2.05, 4.69) is 44.3 Å². The average Bonchev–Trinajstić information content (AvgIpc) is 3.00. The van der Waals surface area contributed by atoms with Crippen molar-refractivity contribution in [2.75, 3.05) is 19.7 Å². The molecule has 0 aromatic heterocycles. The lowest BCUT2D eigenvalue weighted by atomic mass is 9.76. The van der Waals surface area contributed by atoms with Gasteiger partial charge in [-0.3, -0.25) is 0 Å². The van der Waals surface area contributed by atoms with E-state index in [1.54, 1.807) is 0 Å². The highest BCUT2D eigenvalue weighted by atomic mass is 16.5. The molecule has 1 aromatic carbocycles.